The highest BCUT2D eigenvalue weighted by atomic mass is 16.5. The van der Waals surface area contributed by atoms with Crippen molar-refractivity contribution in [3.05, 3.63) is 0 Å². The van der Waals surface area contributed by atoms with E-state index in [9.17, 15) is 19.2 Å². The number of rotatable bonds is 20. The van der Waals surface area contributed by atoms with Gasteiger partial charge in [-0.25, -0.2) is 0 Å². The summed E-state index contributed by atoms with van der Waals surface area (Å²) in [6, 6.07) is -1.05. The maximum absolute atomic E-state index is 11.5. The van der Waals surface area contributed by atoms with Gasteiger partial charge in [0.15, 0.2) is 0 Å². The van der Waals surface area contributed by atoms with E-state index in [4.69, 9.17) is 29.8 Å². The summed E-state index contributed by atoms with van der Waals surface area (Å²) >= 11 is 0. The van der Waals surface area contributed by atoms with Gasteiger partial charge in [-0.15, -0.1) is 0 Å². The van der Waals surface area contributed by atoms with Crippen LogP contribution >= 0.6 is 0 Å². The molecule has 0 aromatic carbocycles. The number of carboxylic acid groups (broad SMARTS) is 1. The predicted octanol–water partition coefficient (Wildman–Crippen LogP) is -2.41. The molecule has 1 atom stereocenters. The van der Waals surface area contributed by atoms with E-state index in [0.29, 0.717) is 19.8 Å². The van der Waals surface area contributed by atoms with Crippen molar-refractivity contribution in [2.75, 3.05) is 65.9 Å². The lowest BCUT2D eigenvalue weighted by molar-refractivity contribution is -0.138. The molecule has 12 nitrogen and oxygen atoms in total. The van der Waals surface area contributed by atoms with Crippen LogP contribution in [0.15, 0.2) is 0 Å². The van der Waals surface area contributed by atoms with Crippen LogP contribution < -0.4 is 16.4 Å². The first-order valence-corrected chi connectivity index (χ1v) is 9.15. The number of carbonyl (C=O) groups excluding carboxylic acids is 3. The van der Waals surface area contributed by atoms with Gasteiger partial charge in [-0.3, -0.25) is 19.2 Å². The Morgan fingerprint density at radius 3 is 2.00 bits per heavy atom. The van der Waals surface area contributed by atoms with Crippen LogP contribution in [0.2, 0.25) is 0 Å². The summed E-state index contributed by atoms with van der Waals surface area (Å²) < 4.78 is 20.4. The molecule has 0 aliphatic heterocycles. The van der Waals surface area contributed by atoms with Crippen molar-refractivity contribution in [2.24, 2.45) is 5.73 Å². The molecule has 0 aliphatic rings. The van der Waals surface area contributed by atoms with Crippen LogP contribution in [0, 0.1) is 0 Å². The number of carbonyl (C=O) groups is 3. The number of amides is 2. The summed E-state index contributed by atoms with van der Waals surface area (Å²) in [7, 11) is 0. The third-order valence-corrected chi connectivity index (χ3v) is 3.27. The highest BCUT2D eigenvalue weighted by Gasteiger charge is 2.13. The Kier molecular flexibility index (Phi) is 17.8. The van der Waals surface area contributed by atoms with Gasteiger partial charge in [0.05, 0.1) is 39.6 Å². The fourth-order valence-electron chi connectivity index (χ4n) is 1.79. The molecule has 0 heterocycles. The quantitative estimate of drug-likeness (QED) is 0.155. The average Bonchev–Trinajstić information content (AvgIpc) is 2.69. The molecule has 0 saturated heterocycles. The van der Waals surface area contributed by atoms with Crippen LogP contribution in [-0.2, 0) is 38.1 Å². The first-order valence-electron chi connectivity index (χ1n) is 9.15. The van der Waals surface area contributed by atoms with Crippen LogP contribution in [-0.4, -0.2) is 101 Å². The van der Waals surface area contributed by atoms with Gasteiger partial charge in [-0.2, -0.15) is 0 Å². The molecule has 5 N–H and O–H groups in total. The van der Waals surface area contributed by atoms with E-state index in [1.807, 2.05) is 0 Å². The topological polar surface area (TPSA) is 176 Å². The largest absolute Gasteiger partial charge is 0.480 e. The number of nitrogens with two attached hydrogens (primary N) is 1. The van der Waals surface area contributed by atoms with Crippen molar-refractivity contribution in [1.29, 1.82) is 0 Å². The Hall–Kier alpha value is -2.12. The first kappa shape index (κ1) is 26.9. The van der Waals surface area contributed by atoms with E-state index in [1.165, 1.54) is 0 Å². The molecule has 0 saturated carbocycles. The number of nitrogens with one attached hydrogen (secondary N) is 2. The zero-order chi connectivity index (χ0) is 21.7. The molecule has 0 aromatic heterocycles. The number of carboxylic acids is 1. The molecule has 0 aromatic rings. The summed E-state index contributed by atoms with van der Waals surface area (Å²) in [5, 5.41) is 13.8. The van der Waals surface area contributed by atoms with Gasteiger partial charge in [0, 0.05) is 19.5 Å². The van der Waals surface area contributed by atoms with Crippen LogP contribution in [0.5, 0.6) is 0 Å². The second-order valence-electron chi connectivity index (χ2n) is 5.66. The summed E-state index contributed by atoms with van der Waals surface area (Å²) in [4.78, 5) is 43.3. The average molecular weight is 420 g/mol. The minimum absolute atomic E-state index is 0.0312. The summed E-state index contributed by atoms with van der Waals surface area (Å²) in [5.74, 6) is -1.72. The normalized spacial score (nSPS) is 11.6. The van der Waals surface area contributed by atoms with Crippen molar-refractivity contribution < 1.29 is 43.2 Å². The molecular formula is C17H30N3O9. The molecule has 167 valence electrons. The van der Waals surface area contributed by atoms with Crippen LogP contribution in [0.25, 0.3) is 0 Å². The van der Waals surface area contributed by atoms with Crippen molar-refractivity contribution in [2.45, 2.75) is 18.9 Å². The number of hydrogen-bond donors (Lipinski definition) is 4. The van der Waals surface area contributed by atoms with Gasteiger partial charge < -0.3 is 40.4 Å². The fraction of sp³-hybridized carbons (Fsp3) is 0.765. The molecular weight excluding hydrogens is 390 g/mol. The van der Waals surface area contributed by atoms with Gasteiger partial charge in [0.1, 0.15) is 19.3 Å². The molecule has 12 heteroatoms. The molecule has 1 radical (unpaired) electrons. The summed E-state index contributed by atoms with van der Waals surface area (Å²) in [6.07, 6.45) is 1.69. The Morgan fingerprint density at radius 1 is 0.862 bits per heavy atom. The Morgan fingerprint density at radius 2 is 1.41 bits per heavy atom. The fourth-order valence-corrected chi connectivity index (χ4v) is 1.79. The Balaban J connectivity index is 3.35. The van der Waals surface area contributed by atoms with Gasteiger partial charge >= 0.3 is 5.97 Å². The second-order valence-corrected chi connectivity index (χ2v) is 5.66. The number of hydrogen-bond acceptors (Lipinski definition) is 9. The lowest BCUT2D eigenvalue weighted by Crippen LogP contribution is -2.33. The van der Waals surface area contributed by atoms with Crippen LogP contribution in [0.1, 0.15) is 12.8 Å². The number of aliphatic carboxylic acids is 1. The lowest BCUT2D eigenvalue weighted by Gasteiger charge is -2.09. The van der Waals surface area contributed by atoms with E-state index >= 15 is 0 Å². The van der Waals surface area contributed by atoms with Crippen molar-refractivity contribution >= 4 is 24.1 Å². The van der Waals surface area contributed by atoms with Gasteiger partial charge in [-0.1, -0.05) is 0 Å². The zero-order valence-corrected chi connectivity index (χ0v) is 16.4. The molecule has 0 spiro atoms. The monoisotopic (exact) mass is 420 g/mol. The Labute approximate surface area is 169 Å². The summed E-state index contributed by atoms with van der Waals surface area (Å²) in [5.41, 5.74) is 5.30. The molecule has 1 unspecified atom stereocenters. The minimum atomic E-state index is -1.14. The SMILES string of the molecule is NC(CCC(=O)NCCOCCOCC(=O)NCCOCCOC[C]=O)C(=O)O. The molecule has 0 rings (SSSR count). The third-order valence-electron chi connectivity index (χ3n) is 3.27. The van der Waals surface area contributed by atoms with E-state index in [0.717, 1.165) is 0 Å². The minimum Gasteiger partial charge on any atom is -0.480 e. The third kappa shape index (κ3) is 19.0. The van der Waals surface area contributed by atoms with Crippen molar-refractivity contribution in [1.82, 2.24) is 10.6 Å². The van der Waals surface area contributed by atoms with Crippen molar-refractivity contribution in [3.8, 4) is 0 Å². The zero-order valence-electron chi connectivity index (χ0n) is 16.4. The maximum atomic E-state index is 11.5. The highest BCUT2D eigenvalue weighted by molar-refractivity contribution is 5.78. The lowest BCUT2D eigenvalue weighted by atomic mass is 10.1. The molecule has 0 bridgehead atoms. The second kappa shape index (κ2) is 19.2. The van der Waals surface area contributed by atoms with E-state index in [2.05, 4.69) is 10.6 Å². The van der Waals surface area contributed by atoms with Gasteiger partial charge in [0.25, 0.3) is 0 Å². The predicted molar refractivity (Wildman–Crippen MR) is 99.8 cm³/mol. The smallest absolute Gasteiger partial charge is 0.320 e. The summed E-state index contributed by atoms with van der Waals surface area (Å²) in [6.45, 7) is 2.08. The van der Waals surface area contributed by atoms with E-state index in [-0.39, 0.29) is 70.8 Å². The van der Waals surface area contributed by atoms with Crippen LogP contribution in [0.3, 0.4) is 0 Å². The van der Waals surface area contributed by atoms with E-state index in [1.54, 1.807) is 6.29 Å². The van der Waals surface area contributed by atoms with Gasteiger partial charge in [-0.05, 0) is 6.42 Å². The number of ether oxygens (including phenoxy) is 4. The van der Waals surface area contributed by atoms with Crippen molar-refractivity contribution in [3.63, 3.8) is 0 Å². The molecule has 29 heavy (non-hydrogen) atoms. The van der Waals surface area contributed by atoms with Crippen LogP contribution in [0.4, 0.5) is 0 Å². The first-order chi connectivity index (χ1) is 14.0. The van der Waals surface area contributed by atoms with Gasteiger partial charge in [0.2, 0.25) is 18.1 Å². The molecule has 0 aliphatic carbocycles. The maximum Gasteiger partial charge on any atom is 0.320 e. The molecule has 2 amide bonds. The highest BCUT2D eigenvalue weighted by Crippen LogP contribution is 1.94. The molecule has 0 fully saturated rings. The standard InChI is InChI=1S/C17H30N3O9/c18-14(17(24)25)1-2-15(22)19-3-6-27-11-12-29-13-16(23)20-4-7-26-9-10-28-8-5-21/h14H,1-4,6-13,18H2,(H,19,22)(H,20,23)(H,24,25). The Bertz CT molecular complexity index is 477. The van der Waals surface area contributed by atoms with E-state index < -0.39 is 12.0 Å².